The number of halogens is 1. The van der Waals surface area contributed by atoms with Crippen molar-refractivity contribution >= 4 is 23.1 Å². The molecule has 16 heavy (non-hydrogen) atoms. The molecule has 3 N–H and O–H groups in total. The minimum atomic E-state index is 0.297. The number of hydrogen-bond acceptors (Lipinski definition) is 5. The van der Waals surface area contributed by atoms with Crippen LogP contribution in [0.15, 0.2) is 6.33 Å². The Morgan fingerprint density at radius 3 is 2.81 bits per heavy atom. The van der Waals surface area contributed by atoms with Crippen LogP contribution in [0.25, 0.3) is 0 Å². The summed E-state index contributed by atoms with van der Waals surface area (Å²) < 4.78 is 0. The van der Waals surface area contributed by atoms with Gasteiger partial charge in [-0.3, -0.25) is 0 Å². The number of nitrogens with zero attached hydrogens (tertiary/aromatic N) is 3. The van der Waals surface area contributed by atoms with Gasteiger partial charge in [0, 0.05) is 6.54 Å². The molecular weight excluding hydrogens is 226 g/mol. The molecule has 5 nitrogen and oxygen atoms in total. The van der Waals surface area contributed by atoms with E-state index in [1.54, 1.807) is 0 Å². The minimum Gasteiger partial charge on any atom is -0.393 e. The van der Waals surface area contributed by atoms with Crippen molar-refractivity contribution in [3.63, 3.8) is 0 Å². The van der Waals surface area contributed by atoms with Crippen molar-refractivity contribution in [1.82, 2.24) is 14.9 Å². The maximum atomic E-state index is 5.77. The summed E-state index contributed by atoms with van der Waals surface area (Å²) in [5.74, 6) is 0.616. The summed E-state index contributed by atoms with van der Waals surface area (Å²) in [6.07, 6.45) is 3.61. The first-order chi connectivity index (χ1) is 7.61. The third-order valence-electron chi connectivity index (χ3n) is 2.16. The second-order valence-corrected chi connectivity index (χ2v) is 4.22. The second-order valence-electron chi connectivity index (χ2n) is 3.86. The average Bonchev–Trinajstić information content (AvgIpc) is 2.23. The van der Waals surface area contributed by atoms with E-state index in [9.17, 15) is 0 Å². The fourth-order valence-electron chi connectivity index (χ4n) is 1.27. The lowest BCUT2D eigenvalue weighted by Gasteiger charge is -2.10. The Hall–Kier alpha value is -1.07. The van der Waals surface area contributed by atoms with Crippen LogP contribution < -0.4 is 11.1 Å². The van der Waals surface area contributed by atoms with Crippen LogP contribution in [0.4, 0.5) is 11.5 Å². The number of hydrogen-bond donors (Lipinski definition) is 2. The molecule has 1 aromatic heterocycles. The number of unbranched alkanes of at least 4 members (excludes halogenated alkanes) is 1. The van der Waals surface area contributed by atoms with E-state index in [4.69, 9.17) is 17.3 Å². The van der Waals surface area contributed by atoms with Gasteiger partial charge in [-0.15, -0.1) is 0 Å². The molecular formula is C10H18ClN5. The molecule has 0 fully saturated rings. The Morgan fingerprint density at radius 2 is 2.12 bits per heavy atom. The highest BCUT2D eigenvalue weighted by atomic mass is 35.5. The highest BCUT2D eigenvalue weighted by Gasteiger charge is 2.04. The fraction of sp³-hybridized carbons (Fsp3) is 0.600. The Kier molecular flexibility index (Phi) is 5.28. The molecule has 0 atom stereocenters. The van der Waals surface area contributed by atoms with Gasteiger partial charge in [-0.2, -0.15) is 0 Å². The number of anilines is 2. The normalized spacial score (nSPS) is 10.8. The van der Waals surface area contributed by atoms with Gasteiger partial charge in [-0.1, -0.05) is 11.6 Å². The van der Waals surface area contributed by atoms with Crippen molar-refractivity contribution in [2.45, 2.75) is 12.8 Å². The van der Waals surface area contributed by atoms with Crippen LogP contribution in [-0.4, -0.2) is 42.1 Å². The number of nitrogen functional groups attached to an aromatic ring is 1. The number of nitrogens with two attached hydrogens (primary N) is 1. The van der Waals surface area contributed by atoms with E-state index in [2.05, 4.69) is 34.3 Å². The van der Waals surface area contributed by atoms with Crippen molar-refractivity contribution in [2.24, 2.45) is 0 Å². The molecule has 0 aliphatic rings. The van der Waals surface area contributed by atoms with Gasteiger partial charge in [-0.05, 0) is 33.5 Å². The molecule has 0 aromatic carbocycles. The predicted molar refractivity (Wildman–Crippen MR) is 67.7 cm³/mol. The van der Waals surface area contributed by atoms with E-state index >= 15 is 0 Å². The zero-order chi connectivity index (χ0) is 12.0. The summed E-state index contributed by atoms with van der Waals surface area (Å²) in [4.78, 5) is 9.98. The maximum absolute atomic E-state index is 5.77. The smallest absolute Gasteiger partial charge is 0.157 e. The summed E-state index contributed by atoms with van der Waals surface area (Å²) in [6.45, 7) is 1.92. The van der Waals surface area contributed by atoms with Gasteiger partial charge in [0.15, 0.2) is 11.0 Å². The molecule has 1 heterocycles. The van der Waals surface area contributed by atoms with Crippen LogP contribution in [0.1, 0.15) is 12.8 Å². The Balaban J connectivity index is 2.29. The van der Waals surface area contributed by atoms with Gasteiger partial charge in [0.2, 0.25) is 0 Å². The Labute approximate surface area is 101 Å². The van der Waals surface area contributed by atoms with Crippen LogP contribution >= 0.6 is 11.6 Å². The van der Waals surface area contributed by atoms with Gasteiger partial charge in [0.05, 0.1) is 0 Å². The van der Waals surface area contributed by atoms with Crippen molar-refractivity contribution < 1.29 is 0 Å². The topological polar surface area (TPSA) is 67.1 Å². The van der Waals surface area contributed by atoms with Gasteiger partial charge in [-0.25, -0.2) is 9.97 Å². The van der Waals surface area contributed by atoms with E-state index in [-0.39, 0.29) is 0 Å². The third-order valence-corrected chi connectivity index (χ3v) is 2.46. The molecule has 0 amide bonds. The number of nitrogens with one attached hydrogen (secondary N) is 1. The van der Waals surface area contributed by atoms with Crippen LogP contribution in [-0.2, 0) is 0 Å². The van der Waals surface area contributed by atoms with E-state index in [0.29, 0.717) is 16.7 Å². The zero-order valence-electron chi connectivity index (χ0n) is 9.70. The van der Waals surface area contributed by atoms with Gasteiger partial charge >= 0.3 is 0 Å². The van der Waals surface area contributed by atoms with Gasteiger partial charge in [0.25, 0.3) is 0 Å². The molecule has 1 aromatic rings. The molecule has 0 unspecified atom stereocenters. The van der Waals surface area contributed by atoms with E-state index in [1.165, 1.54) is 6.33 Å². The monoisotopic (exact) mass is 243 g/mol. The van der Waals surface area contributed by atoms with E-state index in [0.717, 1.165) is 25.9 Å². The van der Waals surface area contributed by atoms with Crippen molar-refractivity contribution in [3.05, 3.63) is 11.5 Å². The summed E-state index contributed by atoms with van der Waals surface area (Å²) in [6, 6.07) is 0. The molecule has 6 heteroatoms. The first-order valence-corrected chi connectivity index (χ1v) is 5.63. The highest BCUT2D eigenvalue weighted by molar-refractivity contribution is 6.32. The SMILES string of the molecule is CN(C)CCCCNc1ncnc(Cl)c1N. The predicted octanol–water partition coefficient (Wildman–Crippen LogP) is 1.47. The lowest BCUT2D eigenvalue weighted by atomic mass is 10.3. The van der Waals surface area contributed by atoms with E-state index in [1.807, 2.05) is 0 Å². The maximum Gasteiger partial charge on any atom is 0.157 e. The molecule has 0 aliphatic heterocycles. The molecule has 1 rings (SSSR count). The molecule has 0 saturated carbocycles. The van der Waals surface area contributed by atoms with Crippen LogP contribution in [0.3, 0.4) is 0 Å². The molecule has 0 radical (unpaired) electrons. The van der Waals surface area contributed by atoms with Crippen LogP contribution in [0.2, 0.25) is 5.15 Å². The standard InChI is InChI=1S/C10H18ClN5/c1-16(2)6-4-3-5-13-10-8(12)9(11)14-7-15-10/h7H,3-6,12H2,1-2H3,(H,13,14,15). The fourth-order valence-corrected chi connectivity index (χ4v) is 1.41. The largest absolute Gasteiger partial charge is 0.393 e. The average molecular weight is 244 g/mol. The third kappa shape index (κ3) is 4.20. The highest BCUT2D eigenvalue weighted by Crippen LogP contribution is 2.21. The first-order valence-electron chi connectivity index (χ1n) is 5.26. The van der Waals surface area contributed by atoms with E-state index < -0.39 is 0 Å². The lowest BCUT2D eigenvalue weighted by molar-refractivity contribution is 0.396. The molecule has 0 saturated heterocycles. The van der Waals surface area contributed by atoms with Crippen LogP contribution in [0.5, 0.6) is 0 Å². The zero-order valence-corrected chi connectivity index (χ0v) is 10.5. The molecule has 0 spiro atoms. The lowest BCUT2D eigenvalue weighted by Crippen LogP contribution is -2.14. The van der Waals surface area contributed by atoms with Crippen molar-refractivity contribution in [3.8, 4) is 0 Å². The molecule has 0 aliphatic carbocycles. The van der Waals surface area contributed by atoms with Crippen LogP contribution in [0, 0.1) is 0 Å². The van der Waals surface area contributed by atoms with Crippen molar-refractivity contribution in [1.29, 1.82) is 0 Å². The molecule has 90 valence electrons. The Morgan fingerprint density at radius 1 is 1.38 bits per heavy atom. The summed E-state index contributed by atoms with van der Waals surface area (Å²) >= 11 is 5.77. The summed E-state index contributed by atoms with van der Waals surface area (Å²) in [7, 11) is 4.13. The second kappa shape index (κ2) is 6.50. The summed E-state index contributed by atoms with van der Waals surface area (Å²) in [5, 5.41) is 3.45. The first kappa shape index (κ1) is 13.0. The summed E-state index contributed by atoms with van der Waals surface area (Å²) in [5.41, 5.74) is 6.13. The van der Waals surface area contributed by atoms with Gasteiger partial charge < -0.3 is 16.0 Å². The number of aromatic nitrogens is 2. The number of rotatable bonds is 6. The quantitative estimate of drug-likeness (QED) is 0.585. The Bertz CT molecular complexity index is 329. The minimum absolute atomic E-state index is 0.297. The van der Waals surface area contributed by atoms with Crippen molar-refractivity contribution in [2.75, 3.05) is 38.2 Å². The van der Waals surface area contributed by atoms with Gasteiger partial charge in [0.1, 0.15) is 12.0 Å². The molecule has 0 bridgehead atoms.